The third-order valence-corrected chi connectivity index (χ3v) is 2.26. The van der Waals surface area contributed by atoms with Gasteiger partial charge in [0, 0.05) is 5.92 Å². The highest BCUT2D eigenvalue weighted by molar-refractivity contribution is 5.31. The van der Waals surface area contributed by atoms with E-state index in [4.69, 9.17) is 0 Å². The summed E-state index contributed by atoms with van der Waals surface area (Å²) in [6, 6.07) is 0. The molecule has 0 heterocycles. The van der Waals surface area contributed by atoms with Crippen LogP contribution in [0.25, 0.3) is 0 Å². The lowest BCUT2D eigenvalue weighted by atomic mass is 9.87. The SMILES string of the molecule is CC1=CC(C)C(C)C(F)=C1F. The van der Waals surface area contributed by atoms with Gasteiger partial charge in [-0.1, -0.05) is 19.9 Å². The second-order valence-corrected chi connectivity index (χ2v) is 3.16. The van der Waals surface area contributed by atoms with E-state index in [2.05, 4.69) is 0 Å². The van der Waals surface area contributed by atoms with Crippen molar-refractivity contribution in [2.24, 2.45) is 11.8 Å². The third kappa shape index (κ3) is 1.35. The highest BCUT2D eigenvalue weighted by Gasteiger charge is 2.24. The van der Waals surface area contributed by atoms with Gasteiger partial charge >= 0.3 is 0 Å². The molecule has 0 aromatic heterocycles. The van der Waals surface area contributed by atoms with Gasteiger partial charge in [-0.25, -0.2) is 8.78 Å². The van der Waals surface area contributed by atoms with E-state index in [1.165, 1.54) is 0 Å². The predicted molar refractivity (Wildman–Crippen MR) is 41.3 cm³/mol. The summed E-state index contributed by atoms with van der Waals surface area (Å²) >= 11 is 0. The first-order valence-corrected chi connectivity index (χ1v) is 3.78. The van der Waals surface area contributed by atoms with Crippen molar-refractivity contribution in [2.45, 2.75) is 20.8 Å². The summed E-state index contributed by atoms with van der Waals surface area (Å²) in [7, 11) is 0. The second kappa shape index (κ2) is 2.76. The summed E-state index contributed by atoms with van der Waals surface area (Å²) in [5, 5.41) is 0. The molecule has 0 amide bonds. The van der Waals surface area contributed by atoms with Crippen molar-refractivity contribution in [3.8, 4) is 0 Å². The molecule has 0 bridgehead atoms. The highest BCUT2D eigenvalue weighted by Crippen LogP contribution is 2.34. The molecule has 62 valence electrons. The zero-order chi connectivity index (χ0) is 8.59. The monoisotopic (exact) mass is 158 g/mol. The van der Waals surface area contributed by atoms with Gasteiger partial charge in [-0.15, -0.1) is 0 Å². The van der Waals surface area contributed by atoms with Gasteiger partial charge < -0.3 is 0 Å². The van der Waals surface area contributed by atoms with Crippen LogP contribution in [-0.2, 0) is 0 Å². The van der Waals surface area contributed by atoms with Gasteiger partial charge in [-0.2, -0.15) is 0 Å². The number of hydrogen-bond acceptors (Lipinski definition) is 0. The van der Waals surface area contributed by atoms with Crippen LogP contribution < -0.4 is 0 Å². The largest absolute Gasteiger partial charge is 0.208 e. The molecule has 0 radical (unpaired) electrons. The maximum absolute atomic E-state index is 12.9. The number of allylic oxidation sites excluding steroid dienone is 4. The molecule has 0 nitrogen and oxygen atoms in total. The van der Waals surface area contributed by atoms with Gasteiger partial charge in [0.2, 0.25) is 0 Å². The van der Waals surface area contributed by atoms with E-state index in [1.807, 2.05) is 6.92 Å². The highest BCUT2D eigenvalue weighted by atomic mass is 19.2. The molecule has 0 aromatic rings. The minimum absolute atomic E-state index is 0.106. The molecule has 2 unspecified atom stereocenters. The van der Waals surface area contributed by atoms with Gasteiger partial charge in [0.1, 0.15) is 5.83 Å². The Hall–Kier alpha value is -0.660. The molecule has 0 aliphatic heterocycles. The summed E-state index contributed by atoms with van der Waals surface area (Å²) in [5.74, 6) is -1.47. The van der Waals surface area contributed by atoms with E-state index in [0.29, 0.717) is 5.57 Å². The van der Waals surface area contributed by atoms with Crippen molar-refractivity contribution >= 4 is 0 Å². The van der Waals surface area contributed by atoms with Crippen molar-refractivity contribution < 1.29 is 8.78 Å². The van der Waals surface area contributed by atoms with Crippen molar-refractivity contribution in [1.29, 1.82) is 0 Å². The van der Waals surface area contributed by atoms with Crippen molar-refractivity contribution in [3.63, 3.8) is 0 Å². The molecule has 0 saturated carbocycles. The number of hydrogen-bond donors (Lipinski definition) is 0. The fraction of sp³-hybridized carbons (Fsp3) is 0.556. The smallest absolute Gasteiger partial charge is 0.157 e. The quantitative estimate of drug-likeness (QED) is 0.507. The Balaban J connectivity index is 3.02. The lowest BCUT2D eigenvalue weighted by molar-refractivity contribution is 0.381. The molecule has 0 spiro atoms. The minimum Gasteiger partial charge on any atom is -0.208 e. The van der Waals surface area contributed by atoms with Gasteiger partial charge in [-0.3, -0.25) is 0 Å². The topological polar surface area (TPSA) is 0 Å². The van der Waals surface area contributed by atoms with Crippen LogP contribution in [0, 0.1) is 11.8 Å². The molecule has 2 atom stereocenters. The van der Waals surface area contributed by atoms with Crippen molar-refractivity contribution in [1.82, 2.24) is 0 Å². The molecule has 0 saturated heterocycles. The summed E-state index contributed by atoms with van der Waals surface area (Å²) in [4.78, 5) is 0. The number of halogens is 2. The van der Waals surface area contributed by atoms with Crippen LogP contribution >= 0.6 is 0 Å². The van der Waals surface area contributed by atoms with E-state index >= 15 is 0 Å². The summed E-state index contributed by atoms with van der Waals surface area (Å²) in [6.45, 7) is 5.18. The Bertz CT molecular complexity index is 226. The van der Waals surface area contributed by atoms with Crippen LogP contribution in [0.15, 0.2) is 23.3 Å². The Kier molecular flexibility index (Phi) is 2.12. The maximum atomic E-state index is 12.9. The van der Waals surface area contributed by atoms with Crippen LogP contribution in [0.4, 0.5) is 8.78 Å². The fourth-order valence-electron chi connectivity index (χ4n) is 1.23. The third-order valence-electron chi connectivity index (χ3n) is 2.26. The summed E-state index contributed by atoms with van der Waals surface area (Å²) < 4.78 is 25.8. The second-order valence-electron chi connectivity index (χ2n) is 3.16. The predicted octanol–water partition coefficient (Wildman–Crippen LogP) is 3.37. The maximum Gasteiger partial charge on any atom is 0.157 e. The first kappa shape index (κ1) is 8.44. The molecule has 0 fully saturated rings. The van der Waals surface area contributed by atoms with Gasteiger partial charge in [0.25, 0.3) is 0 Å². The van der Waals surface area contributed by atoms with E-state index in [-0.39, 0.29) is 11.8 Å². The van der Waals surface area contributed by atoms with Crippen LogP contribution in [0.5, 0.6) is 0 Å². The Morgan fingerprint density at radius 2 is 1.82 bits per heavy atom. The van der Waals surface area contributed by atoms with E-state index in [9.17, 15) is 8.78 Å². The van der Waals surface area contributed by atoms with Crippen molar-refractivity contribution in [2.75, 3.05) is 0 Å². The zero-order valence-electron chi connectivity index (χ0n) is 6.99. The first-order chi connectivity index (χ1) is 5.04. The van der Waals surface area contributed by atoms with Gasteiger partial charge in [-0.05, 0) is 18.4 Å². The molecule has 0 N–H and O–H groups in total. The van der Waals surface area contributed by atoms with Crippen LogP contribution in [-0.4, -0.2) is 0 Å². The number of rotatable bonds is 0. The standard InChI is InChI=1S/C9H12F2/c1-5-4-6(2)8(10)9(11)7(5)3/h4-5,7H,1-3H3. The molecule has 11 heavy (non-hydrogen) atoms. The van der Waals surface area contributed by atoms with Crippen LogP contribution in [0.1, 0.15) is 20.8 Å². The summed E-state index contributed by atoms with van der Waals surface area (Å²) in [6.07, 6.45) is 1.77. The van der Waals surface area contributed by atoms with Crippen molar-refractivity contribution in [3.05, 3.63) is 23.3 Å². The Labute approximate surface area is 65.6 Å². The molecule has 1 aliphatic carbocycles. The molecular weight excluding hydrogens is 146 g/mol. The van der Waals surface area contributed by atoms with Crippen LogP contribution in [0.2, 0.25) is 0 Å². The lowest BCUT2D eigenvalue weighted by Crippen LogP contribution is -2.12. The Morgan fingerprint density at radius 3 is 2.36 bits per heavy atom. The normalized spacial score (nSPS) is 32.3. The average molecular weight is 158 g/mol. The molecule has 1 rings (SSSR count). The molecule has 2 heteroatoms. The fourth-order valence-corrected chi connectivity index (χ4v) is 1.23. The zero-order valence-corrected chi connectivity index (χ0v) is 6.99. The Morgan fingerprint density at radius 1 is 1.27 bits per heavy atom. The molecule has 1 aliphatic rings. The molecule has 0 aromatic carbocycles. The van der Waals surface area contributed by atoms with E-state index in [1.54, 1.807) is 19.9 Å². The van der Waals surface area contributed by atoms with Gasteiger partial charge in [0.15, 0.2) is 5.83 Å². The summed E-state index contributed by atoms with van der Waals surface area (Å²) in [5.41, 5.74) is 0.424. The van der Waals surface area contributed by atoms with E-state index in [0.717, 1.165) is 0 Å². The average Bonchev–Trinajstić information content (AvgIpc) is 1.97. The van der Waals surface area contributed by atoms with Gasteiger partial charge in [0.05, 0.1) is 0 Å². The lowest BCUT2D eigenvalue weighted by Gasteiger charge is -2.20. The first-order valence-electron chi connectivity index (χ1n) is 3.78. The minimum atomic E-state index is -0.671. The van der Waals surface area contributed by atoms with Crippen LogP contribution in [0.3, 0.4) is 0 Å². The van der Waals surface area contributed by atoms with E-state index < -0.39 is 11.7 Å². The molecular formula is C9H12F2.